The summed E-state index contributed by atoms with van der Waals surface area (Å²) in [6, 6.07) is 0. The van der Waals surface area contributed by atoms with Gasteiger partial charge in [0.25, 0.3) is 0 Å². The zero-order valence-corrected chi connectivity index (χ0v) is 29.8. The van der Waals surface area contributed by atoms with Crippen molar-refractivity contribution in [1.29, 1.82) is 0 Å². The molecule has 6 N–H and O–H groups in total. The highest BCUT2D eigenvalue weighted by atomic mass is 16.3. The van der Waals surface area contributed by atoms with Gasteiger partial charge in [0.15, 0.2) is 11.6 Å². The van der Waals surface area contributed by atoms with Crippen LogP contribution in [0.15, 0.2) is 0 Å². The third kappa shape index (κ3) is 3.79. The first-order valence-corrected chi connectivity index (χ1v) is 19.6. The molecule has 0 unspecified atom stereocenters. The number of fused-ring (bicyclic) bond motifs is 6. The zero-order valence-electron chi connectivity index (χ0n) is 29.8. The van der Waals surface area contributed by atoms with Crippen molar-refractivity contribution in [2.45, 2.75) is 154 Å². The Morgan fingerprint density at radius 1 is 0.583 bits per heavy atom. The van der Waals surface area contributed by atoms with Crippen molar-refractivity contribution in [2.75, 3.05) is 13.2 Å². The Morgan fingerprint density at radius 2 is 0.958 bits per heavy atom. The average molecular weight is 671 g/mol. The second-order valence-electron chi connectivity index (χ2n) is 20.1. The van der Waals surface area contributed by atoms with Gasteiger partial charge in [-0.05, 0) is 147 Å². The molecule has 0 heterocycles. The molecule has 0 aromatic heterocycles. The van der Waals surface area contributed by atoms with Gasteiger partial charge in [-0.15, -0.1) is 0 Å². The smallest absolute Gasteiger partial charge is 0.173 e. The molecule has 0 aliphatic heterocycles. The van der Waals surface area contributed by atoms with E-state index in [4.69, 9.17) is 0 Å². The van der Waals surface area contributed by atoms with E-state index in [0.717, 1.165) is 51.4 Å². The number of ketones is 2. The average Bonchev–Trinajstić information content (AvgIpc) is 3.33. The molecule has 0 aromatic carbocycles. The van der Waals surface area contributed by atoms with Gasteiger partial charge in [0.1, 0.15) is 11.2 Å². The first-order chi connectivity index (χ1) is 22.5. The van der Waals surface area contributed by atoms with Crippen LogP contribution in [0.5, 0.6) is 0 Å². The fraction of sp³-hybridized carbons (Fsp3) is 0.950. The lowest BCUT2D eigenvalue weighted by Gasteiger charge is -2.64. The van der Waals surface area contributed by atoms with Crippen LogP contribution in [0.3, 0.4) is 0 Å². The standard InChI is InChI=1S/C40H62O8/c1-33(21-41)11-5-13-35(3)25-9-7-23-19-37(25,29(43)17-27(33)35)31(45)39(23,47)15-16-40(48)24-8-10-26-36(4)14-6-12-34(2,22-42)28(36)18-30(44)38(26,20-24)32(40)46/h23-30,41-44,47-48H,5-22H2,1-4H3/t23-,24-,25-,26-,27+,28+,29+,30+,33+,34+,35-,36-,37+,38+,39-,40-/m0/s1. The van der Waals surface area contributed by atoms with E-state index in [9.17, 15) is 40.2 Å². The van der Waals surface area contributed by atoms with Crippen LogP contribution in [0.25, 0.3) is 0 Å². The third-order valence-electron chi connectivity index (χ3n) is 18.5. The van der Waals surface area contributed by atoms with E-state index in [1.807, 2.05) is 0 Å². The summed E-state index contributed by atoms with van der Waals surface area (Å²) in [6.07, 6.45) is 8.45. The predicted molar refractivity (Wildman–Crippen MR) is 178 cm³/mol. The Morgan fingerprint density at radius 3 is 1.31 bits per heavy atom. The minimum atomic E-state index is -1.72. The summed E-state index contributed by atoms with van der Waals surface area (Å²) in [5.41, 5.74) is -6.56. The van der Waals surface area contributed by atoms with Crippen molar-refractivity contribution in [3.63, 3.8) is 0 Å². The Hall–Kier alpha value is -0.900. The van der Waals surface area contributed by atoms with Crippen LogP contribution in [-0.4, -0.2) is 78.8 Å². The van der Waals surface area contributed by atoms with Crippen LogP contribution < -0.4 is 0 Å². The quantitative estimate of drug-likeness (QED) is 0.253. The van der Waals surface area contributed by atoms with E-state index in [1.165, 1.54) is 0 Å². The van der Waals surface area contributed by atoms with Crippen molar-refractivity contribution in [3.8, 4) is 0 Å². The zero-order chi connectivity index (χ0) is 34.5. The van der Waals surface area contributed by atoms with Gasteiger partial charge >= 0.3 is 0 Å². The van der Waals surface area contributed by atoms with Gasteiger partial charge in [-0.3, -0.25) is 9.59 Å². The molecule has 16 atom stereocenters. The second-order valence-corrected chi connectivity index (χ2v) is 20.1. The molecule has 0 amide bonds. The minimum absolute atomic E-state index is 0.00968. The number of aliphatic hydroxyl groups excluding tert-OH is 4. The highest BCUT2D eigenvalue weighted by Crippen LogP contribution is 2.74. The lowest BCUT2D eigenvalue weighted by molar-refractivity contribution is -0.205. The van der Waals surface area contributed by atoms with E-state index in [-0.39, 0.29) is 94.8 Å². The molecule has 48 heavy (non-hydrogen) atoms. The van der Waals surface area contributed by atoms with Crippen LogP contribution in [-0.2, 0) is 9.59 Å². The summed E-state index contributed by atoms with van der Waals surface area (Å²) in [5, 5.41) is 69.7. The predicted octanol–water partition coefficient (Wildman–Crippen LogP) is 4.34. The molecular weight excluding hydrogens is 608 g/mol. The number of Topliss-reactive ketones (excluding diaryl/α,β-unsaturated/α-hetero) is 2. The molecule has 0 saturated heterocycles. The Labute approximate surface area is 286 Å². The molecule has 0 radical (unpaired) electrons. The molecule has 0 aromatic rings. The van der Waals surface area contributed by atoms with E-state index in [0.29, 0.717) is 38.5 Å². The molecular formula is C40H62O8. The van der Waals surface area contributed by atoms with Crippen molar-refractivity contribution in [1.82, 2.24) is 0 Å². The van der Waals surface area contributed by atoms with Gasteiger partial charge in [0, 0.05) is 13.2 Å². The molecule has 8 heteroatoms. The topological polar surface area (TPSA) is 156 Å². The van der Waals surface area contributed by atoms with Gasteiger partial charge in [-0.1, -0.05) is 40.5 Å². The third-order valence-corrected chi connectivity index (χ3v) is 18.5. The van der Waals surface area contributed by atoms with Gasteiger partial charge < -0.3 is 30.6 Å². The summed E-state index contributed by atoms with van der Waals surface area (Å²) in [6.45, 7) is 8.90. The maximum Gasteiger partial charge on any atom is 0.173 e. The monoisotopic (exact) mass is 670 g/mol. The van der Waals surface area contributed by atoms with E-state index in [2.05, 4.69) is 27.7 Å². The Bertz CT molecular complexity index is 1280. The highest BCUT2D eigenvalue weighted by molar-refractivity contribution is 5.98. The maximum absolute atomic E-state index is 14.8. The molecule has 2 spiro atoms. The number of aliphatic hydroxyl groups is 6. The Balaban J connectivity index is 1.08. The second kappa shape index (κ2) is 10.4. The molecule has 8 aliphatic rings. The molecule has 8 aliphatic carbocycles. The lowest BCUT2D eigenvalue weighted by Crippen LogP contribution is -2.64. The molecule has 8 rings (SSSR count). The van der Waals surface area contributed by atoms with E-state index >= 15 is 0 Å². The summed E-state index contributed by atoms with van der Waals surface area (Å²) >= 11 is 0. The number of rotatable bonds is 5. The van der Waals surface area contributed by atoms with Crippen molar-refractivity contribution < 1.29 is 40.2 Å². The summed E-state index contributed by atoms with van der Waals surface area (Å²) in [7, 11) is 0. The van der Waals surface area contributed by atoms with Crippen LogP contribution in [0, 0.1) is 68.0 Å². The number of carbonyl (C=O) groups is 2. The highest BCUT2D eigenvalue weighted by Gasteiger charge is 2.77. The molecule has 8 nitrogen and oxygen atoms in total. The molecule has 8 saturated carbocycles. The minimum Gasteiger partial charge on any atom is -0.396 e. The maximum atomic E-state index is 14.8. The number of hydrogen-bond donors (Lipinski definition) is 6. The summed E-state index contributed by atoms with van der Waals surface area (Å²) in [4.78, 5) is 29.6. The summed E-state index contributed by atoms with van der Waals surface area (Å²) in [5.74, 6) is -1.18. The van der Waals surface area contributed by atoms with Crippen molar-refractivity contribution in [3.05, 3.63) is 0 Å². The fourth-order valence-electron chi connectivity index (χ4n) is 16.2. The lowest BCUT2D eigenvalue weighted by atomic mass is 9.40. The first-order valence-electron chi connectivity index (χ1n) is 19.6. The fourth-order valence-corrected chi connectivity index (χ4v) is 16.2. The van der Waals surface area contributed by atoms with E-state index < -0.39 is 34.2 Å². The molecule has 4 bridgehead atoms. The molecule has 8 fully saturated rings. The SMILES string of the molecule is C[C@]1(CO)CCC[C@]2(C)[C@@H]1C[C@@H](O)[C@@]13C[C@H](CC[C@@H]21)[C@@](O)(CC[C@@]1(O)C(=O)[C@]24C[C@@H]1CC[C@H]2[C@]1(C)CCC[C@](C)(CO)[C@H]1C[C@H]4O)C3=O. The van der Waals surface area contributed by atoms with Gasteiger partial charge in [-0.25, -0.2) is 0 Å². The van der Waals surface area contributed by atoms with Crippen LogP contribution in [0.4, 0.5) is 0 Å². The van der Waals surface area contributed by atoms with Crippen LogP contribution in [0.2, 0.25) is 0 Å². The van der Waals surface area contributed by atoms with Crippen molar-refractivity contribution in [2.24, 2.45) is 68.0 Å². The van der Waals surface area contributed by atoms with Gasteiger partial charge in [-0.2, -0.15) is 0 Å². The summed E-state index contributed by atoms with van der Waals surface area (Å²) < 4.78 is 0. The first kappa shape index (κ1) is 34.2. The van der Waals surface area contributed by atoms with Crippen LogP contribution in [0.1, 0.15) is 130 Å². The normalized spacial score (nSPS) is 60.2. The van der Waals surface area contributed by atoms with Gasteiger partial charge in [0.2, 0.25) is 0 Å². The molecule has 270 valence electrons. The van der Waals surface area contributed by atoms with E-state index in [1.54, 1.807) is 0 Å². The Kier molecular flexibility index (Phi) is 7.39. The largest absolute Gasteiger partial charge is 0.396 e. The van der Waals surface area contributed by atoms with Crippen LogP contribution >= 0.6 is 0 Å². The number of carbonyl (C=O) groups excluding carboxylic acids is 2. The van der Waals surface area contributed by atoms with Gasteiger partial charge in [0.05, 0.1) is 23.0 Å². The number of hydrogen-bond acceptors (Lipinski definition) is 8. The van der Waals surface area contributed by atoms with Crippen molar-refractivity contribution >= 4 is 11.6 Å².